The van der Waals surface area contributed by atoms with E-state index in [4.69, 9.17) is 14.9 Å². The van der Waals surface area contributed by atoms with E-state index in [0.717, 1.165) is 45.3 Å². The Labute approximate surface area is 142 Å². The van der Waals surface area contributed by atoms with Gasteiger partial charge in [-0.05, 0) is 32.4 Å². The Kier molecular flexibility index (Phi) is 20.2. The van der Waals surface area contributed by atoms with Crippen molar-refractivity contribution in [2.75, 3.05) is 32.8 Å². The molecule has 0 radical (unpaired) electrons. The van der Waals surface area contributed by atoms with Gasteiger partial charge in [0.05, 0.1) is 13.2 Å². The molecule has 6 nitrogen and oxygen atoms in total. The van der Waals surface area contributed by atoms with Gasteiger partial charge in [0.15, 0.2) is 0 Å². The van der Waals surface area contributed by atoms with Crippen molar-refractivity contribution in [1.82, 2.24) is 4.90 Å². The fourth-order valence-electron chi connectivity index (χ4n) is 1.95. The number of aliphatic hydroxyl groups is 1. The zero-order valence-corrected chi connectivity index (χ0v) is 16.1. The monoisotopic (exact) mass is 355 g/mol. The lowest BCUT2D eigenvalue weighted by molar-refractivity contribution is 0.192. The molecule has 0 fully saturated rings. The fourth-order valence-corrected chi connectivity index (χ4v) is 2.32. The molecule has 0 amide bonds. The number of phosphoric ester groups is 1. The molecule has 0 rings (SSSR count). The summed E-state index contributed by atoms with van der Waals surface area (Å²) in [7, 11) is -4.21. The fraction of sp³-hybridized carbons (Fsp3) is 1.00. The highest BCUT2D eigenvalue weighted by Gasteiger charge is 2.11. The lowest BCUT2D eigenvalue weighted by Crippen LogP contribution is -2.28. The molecule has 0 saturated heterocycles. The minimum atomic E-state index is -4.21. The van der Waals surface area contributed by atoms with E-state index >= 15 is 0 Å². The van der Waals surface area contributed by atoms with Crippen molar-refractivity contribution < 1.29 is 24.0 Å². The van der Waals surface area contributed by atoms with E-state index in [1.165, 1.54) is 25.7 Å². The van der Waals surface area contributed by atoms with Gasteiger partial charge in [-0.2, -0.15) is 0 Å². The van der Waals surface area contributed by atoms with E-state index in [1.54, 1.807) is 0 Å². The second-order valence-electron chi connectivity index (χ2n) is 5.66. The molecule has 0 aliphatic rings. The molecule has 0 aromatic heterocycles. The van der Waals surface area contributed by atoms with E-state index in [2.05, 4.69) is 30.2 Å². The molecule has 0 heterocycles. The third-order valence-corrected chi connectivity index (χ3v) is 3.85. The Balaban J connectivity index is 0. The third-order valence-electron chi connectivity index (χ3n) is 3.33. The molecule has 0 bridgehead atoms. The number of aliphatic hydroxyl groups excluding tert-OH is 1. The van der Waals surface area contributed by atoms with Crippen LogP contribution in [0.15, 0.2) is 0 Å². The van der Waals surface area contributed by atoms with Crippen LogP contribution in [-0.4, -0.2) is 52.6 Å². The largest absolute Gasteiger partial charge is 0.469 e. The highest BCUT2D eigenvalue weighted by Crippen LogP contribution is 2.35. The quantitative estimate of drug-likeness (QED) is 0.326. The summed E-state index contributed by atoms with van der Waals surface area (Å²) in [6, 6.07) is 0. The molecule has 0 aliphatic carbocycles. The lowest BCUT2D eigenvalue weighted by atomic mass is 10.2. The van der Waals surface area contributed by atoms with Crippen molar-refractivity contribution in [3.05, 3.63) is 0 Å². The summed E-state index contributed by atoms with van der Waals surface area (Å²) in [5.41, 5.74) is 0. The first-order valence-electron chi connectivity index (χ1n) is 8.94. The average Bonchev–Trinajstić information content (AvgIpc) is 2.49. The Hall–Kier alpha value is 0.0300. The highest BCUT2D eigenvalue weighted by molar-refractivity contribution is 7.46. The predicted molar refractivity (Wildman–Crippen MR) is 95.5 cm³/mol. The molecular weight excluding hydrogens is 317 g/mol. The molecule has 0 aromatic carbocycles. The Bertz CT molecular complexity index is 265. The van der Waals surface area contributed by atoms with Crippen molar-refractivity contribution in [2.45, 2.75) is 72.1 Å². The molecule has 0 aliphatic heterocycles. The van der Waals surface area contributed by atoms with Crippen molar-refractivity contribution in [2.24, 2.45) is 0 Å². The van der Waals surface area contributed by atoms with Gasteiger partial charge in [0.2, 0.25) is 0 Å². The number of hydrogen-bond acceptors (Lipinski definition) is 4. The van der Waals surface area contributed by atoms with Crippen LogP contribution in [0.4, 0.5) is 0 Å². The highest BCUT2D eigenvalue weighted by atomic mass is 31.2. The Morgan fingerprint density at radius 3 is 1.74 bits per heavy atom. The lowest BCUT2D eigenvalue weighted by Gasteiger charge is -2.20. The van der Waals surface area contributed by atoms with Crippen LogP contribution >= 0.6 is 7.82 Å². The zero-order chi connectivity index (χ0) is 18.0. The molecule has 3 N–H and O–H groups in total. The average molecular weight is 355 g/mol. The van der Waals surface area contributed by atoms with Gasteiger partial charge in [-0.25, -0.2) is 4.57 Å². The molecule has 7 heteroatoms. The maximum absolute atomic E-state index is 10.1. The third kappa shape index (κ3) is 24.4. The van der Waals surface area contributed by atoms with Crippen molar-refractivity contribution >= 4 is 7.82 Å². The summed E-state index contributed by atoms with van der Waals surface area (Å²) in [5, 5.41) is 8.79. The minimum absolute atomic E-state index is 0.157. The minimum Gasteiger partial charge on any atom is -0.395 e. The summed E-state index contributed by atoms with van der Waals surface area (Å²) >= 11 is 0. The van der Waals surface area contributed by atoms with Gasteiger partial charge in [0, 0.05) is 6.54 Å². The van der Waals surface area contributed by atoms with Crippen LogP contribution in [0.2, 0.25) is 0 Å². The smallest absolute Gasteiger partial charge is 0.395 e. The molecule has 142 valence electrons. The van der Waals surface area contributed by atoms with E-state index in [-0.39, 0.29) is 6.61 Å². The van der Waals surface area contributed by atoms with Gasteiger partial charge in [-0.3, -0.25) is 4.52 Å². The van der Waals surface area contributed by atoms with Crippen LogP contribution in [0, 0.1) is 0 Å². The van der Waals surface area contributed by atoms with Crippen LogP contribution in [-0.2, 0) is 9.09 Å². The summed E-state index contributed by atoms with van der Waals surface area (Å²) in [6.07, 6.45) is 8.88. The molecule has 0 atom stereocenters. The topological polar surface area (TPSA) is 90.2 Å². The predicted octanol–water partition coefficient (Wildman–Crippen LogP) is 3.56. The number of hydrogen-bond donors (Lipinski definition) is 3. The number of rotatable bonds is 14. The number of phosphoric acid groups is 1. The second kappa shape index (κ2) is 18.4. The van der Waals surface area contributed by atoms with Gasteiger partial charge < -0.3 is 19.8 Å². The maximum atomic E-state index is 10.1. The van der Waals surface area contributed by atoms with Gasteiger partial charge in [0.1, 0.15) is 0 Å². The van der Waals surface area contributed by atoms with Gasteiger partial charge >= 0.3 is 7.82 Å². The van der Waals surface area contributed by atoms with E-state index in [1.807, 2.05) is 0 Å². The number of nitrogens with zero attached hydrogens (tertiary/aromatic N) is 1. The molecule has 0 spiro atoms. The van der Waals surface area contributed by atoms with E-state index < -0.39 is 7.82 Å². The van der Waals surface area contributed by atoms with Gasteiger partial charge in [-0.1, -0.05) is 52.9 Å². The molecule has 0 saturated carbocycles. The second-order valence-corrected chi connectivity index (χ2v) is 6.90. The summed E-state index contributed by atoms with van der Waals surface area (Å²) in [6.45, 7) is 10.1. The first kappa shape index (κ1) is 25.3. The van der Waals surface area contributed by atoms with Gasteiger partial charge in [-0.15, -0.1) is 0 Å². The van der Waals surface area contributed by atoms with Crippen LogP contribution in [0.1, 0.15) is 72.1 Å². The normalized spacial score (nSPS) is 11.4. The molecule has 23 heavy (non-hydrogen) atoms. The molecule has 0 aromatic rings. The summed E-state index contributed by atoms with van der Waals surface area (Å²) in [5.74, 6) is 0. The summed E-state index contributed by atoms with van der Waals surface area (Å²) in [4.78, 5) is 18.9. The van der Waals surface area contributed by atoms with E-state index in [0.29, 0.717) is 6.61 Å². The van der Waals surface area contributed by atoms with Crippen molar-refractivity contribution in [1.29, 1.82) is 0 Å². The standard InChI is InChI=1S/C10H23NO.C6H15O4P/c1-3-5-7-11(9-10-12)8-6-4-2;1-2-3-4-5-6-10-11(7,8)9/h12H,3-10H2,1-2H3;2-6H2,1H3,(H2,7,8,9). The van der Waals surface area contributed by atoms with Crippen LogP contribution in [0.3, 0.4) is 0 Å². The van der Waals surface area contributed by atoms with E-state index in [9.17, 15) is 4.57 Å². The van der Waals surface area contributed by atoms with Crippen molar-refractivity contribution in [3.63, 3.8) is 0 Å². The Morgan fingerprint density at radius 1 is 0.826 bits per heavy atom. The SMILES string of the molecule is CCCCCCOP(=O)(O)O.CCCCN(CCO)CCCC. The maximum Gasteiger partial charge on any atom is 0.469 e. The number of unbranched alkanes of at least 4 members (excludes halogenated alkanes) is 5. The summed E-state index contributed by atoms with van der Waals surface area (Å²) < 4.78 is 14.4. The Morgan fingerprint density at radius 2 is 1.35 bits per heavy atom. The first-order valence-corrected chi connectivity index (χ1v) is 10.5. The van der Waals surface area contributed by atoms with Crippen LogP contribution < -0.4 is 0 Å². The van der Waals surface area contributed by atoms with Crippen LogP contribution in [0.25, 0.3) is 0 Å². The zero-order valence-electron chi connectivity index (χ0n) is 15.2. The molecule has 0 unspecified atom stereocenters. The molecular formula is C16H38NO5P. The van der Waals surface area contributed by atoms with Crippen molar-refractivity contribution in [3.8, 4) is 0 Å². The van der Waals surface area contributed by atoms with Crippen LogP contribution in [0.5, 0.6) is 0 Å². The van der Waals surface area contributed by atoms with Gasteiger partial charge in [0.25, 0.3) is 0 Å². The first-order chi connectivity index (χ1) is 10.9.